The Bertz CT molecular complexity index is 654. The zero-order chi connectivity index (χ0) is 16.1. The van der Waals surface area contributed by atoms with E-state index in [1.807, 2.05) is 18.2 Å². The van der Waals surface area contributed by atoms with Gasteiger partial charge in [-0.1, -0.05) is 0 Å². The summed E-state index contributed by atoms with van der Waals surface area (Å²) in [6, 6.07) is 7.82. The molecule has 1 fully saturated rings. The third-order valence-corrected chi connectivity index (χ3v) is 5.31. The second-order valence-corrected chi connectivity index (χ2v) is 7.76. The van der Waals surface area contributed by atoms with E-state index in [0.29, 0.717) is 12.1 Å². The van der Waals surface area contributed by atoms with Gasteiger partial charge >= 0.3 is 0 Å². The van der Waals surface area contributed by atoms with Crippen LogP contribution in [-0.4, -0.2) is 43.7 Å². The van der Waals surface area contributed by atoms with Crippen molar-refractivity contribution < 1.29 is 9.53 Å². The van der Waals surface area contributed by atoms with Gasteiger partial charge in [-0.2, -0.15) is 0 Å². The van der Waals surface area contributed by atoms with Crippen LogP contribution in [0.3, 0.4) is 0 Å². The average molecular weight is 396 g/mol. The molecule has 2 aromatic rings. The fourth-order valence-electron chi connectivity index (χ4n) is 2.39. The van der Waals surface area contributed by atoms with Crippen LogP contribution in [0.1, 0.15) is 15.2 Å². The van der Waals surface area contributed by atoms with E-state index in [9.17, 15) is 4.79 Å². The predicted molar refractivity (Wildman–Crippen MR) is 95.3 cm³/mol. The number of amides is 1. The van der Waals surface area contributed by atoms with Gasteiger partial charge in [-0.05, 0) is 46.6 Å². The van der Waals surface area contributed by atoms with Gasteiger partial charge in [-0.15, -0.1) is 11.3 Å². The SMILES string of the molecule is O=C(NCCc1ccc(Br)s1)c1ccc(N2CCOCC2)nc1. The summed E-state index contributed by atoms with van der Waals surface area (Å²) in [5.41, 5.74) is 0.592. The van der Waals surface area contributed by atoms with E-state index in [4.69, 9.17) is 4.74 Å². The number of hydrogen-bond acceptors (Lipinski definition) is 5. The summed E-state index contributed by atoms with van der Waals surface area (Å²) in [5, 5.41) is 2.93. The largest absolute Gasteiger partial charge is 0.378 e. The molecule has 1 N–H and O–H groups in total. The number of carbonyl (C=O) groups is 1. The smallest absolute Gasteiger partial charge is 0.252 e. The van der Waals surface area contributed by atoms with Crippen molar-refractivity contribution >= 4 is 39.0 Å². The van der Waals surface area contributed by atoms with E-state index in [2.05, 4.69) is 37.2 Å². The fraction of sp³-hybridized carbons (Fsp3) is 0.375. The molecule has 0 aliphatic carbocycles. The summed E-state index contributed by atoms with van der Waals surface area (Å²) in [5.74, 6) is 0.815. The van der Waals surface area contributed by atoms with E-state index in [1.165, 1.54) is 4.88 Å². The molecule has 7 heteroatoms. The Morgan fingerprint density at radius 1 is 1.30 bits per heavy atom. The van der Waals surface area contributed by atoms with Crippen molar-refractivity contribution in [3.63, 3.8) is 0 Å². The number of thiophene rings is 1. The van der Waals surface area contributed by atoms with Crippen LogP contribution in [-0.2, 0) is 11.2 Å². The summed E-state index contributed by atoms with van der Waals surface area (Å²) in [4.78, 5) is 20.0. The molecular formula is C16H18BrN3O2S. The molecule has 1 aliphatic heterocycles. The summed E-state index contributed by atoms with van der Waals surface area (Å²) in [6.07, 6.45) is 2.48. The summed E-state index contributed by atoms with van der Waals surface area (Å²) < 4.78 is 6.44. The number of pyridine rings is 1. The molecule has 1 amide bonds. The van der Waals surface area contributed by atoms with E-state index >= 15 is 0 Å². The lowest BCUT2D eigenvalue weighted by atomic mass is 10.2. The number of ether oxygens (including phenoxy) is 1. The molecule has 1 aliphatic rings. The zero-order valence-electron chi connectivity index (χ0n) is 12.6. The lowest BCUT2D eigenvalue weighted by molar-refractivity contribution is 0.0953. The molecule has 0 atom stereocenters. The molecular weight excluding hydrogens is 378 g/mol. The second-order valence-electron chi connectivity index (χ2n) is 5.22. The number of nitrogens with zero attached hydrogens (tertiary/aromatic N) is 2. The van der Waals surface area contributed by atoms with E-state index in [0.717, 1.165) is 42.3 Å². The Balaban J connectivity index is 1.50. The normalized spacial score (nSPS) is 14.7. The molecule has 0 bridgehead atoms. The van der Waals surface area contributed by atoms with Gasteiger partial charge in [0.15, 0.2) is 0 Å². The minimum Gasteiger partial charge on any atom is -0.378 e. The highest BCUT2D eigenvalue weighted by Gasteiger charge is 2.13. The van der Waals surface area contributed by atoms with Crippen molar-refractivity contribution in [3.8, 4) is 0 Å². The van der Waals surface area contributed by atoms with Crippen LogP contribution in [0.15, 0.2) is 34.2 Å². The Kier molecular flexibility index (Phi) is 5.64. The molecule has 0 spiro atoms. The minimum absolute atomic E-state index is 0.0818. The number of rotatable bonds is 5. The quantitative estimate of drug-likeness (QED) is 0.845. The number of hydrogen-bond donors (Lipinski definition) is 1. The average Bonchev–Trinajstić information content (AvgIpc) is 3.01. The summed E-state index contributed by atoms with van der Waals surface area (Å²) >= 11 is 5.13. The van der Waals surface area contributed by atoms with E-state index < -0.39 is 0 Å². The maximum Gasteiger partial charge on any atom is 0.252 e. The maximum atomic E-state index is 12.1. The lowest BCUT2D eigenvalue weighted by Gasteiger charge is -2.27. The molecule has 1 saturated heterocycles. The Morgan fingerprint density at radius 3 is 2.78 bits per heavy atom. The molecule has 0 saturated carbocycles. The Labute approximate surface area is 147 Å². The number of aromatic nitrogens is 1. The molecule has 3 rings (SSSR count). The molecule has 5 nitrogen and oxygen atoms in total. The number of nitrogens with one attached hydrogen (secondary N) is 1. The van der Waals surface area contributed by atoms with Gasteiger partial charge in [-0.3, -0.25) is 4.79 Å². The topological polar surface area (TPSA) is 54.5 Å². The van der Waals surface area contributed by atoms with Gasteiger partial charge in [0, 0.05) is 30.7 Å². The third-order valence-electron chi connectivity index (χ3n) is 3.63. The fourth-order valence-corrected chi connectivity index (χ4v) is 3.87. The highest BCUT2D eigenvalue weighted by Crippen LogP contribution is 2.22. The van der Waals surface area contributed by atoms with Gasteiger partial charge < -0.3 is 15.0 Å². The zero-order valence-corrected chi connectivity index (χ0v) is 15.0. The van der Waals surface area contributed by atoms with Gasteiger partial charge in [-0.25, -0.2) is 4.98 Å². The first-order valence-corrected chi connectivity index (χ1v) is 9.14. The van der Waals surface area contributed by atoms with Gasteiger partial charge in [0.1, 0.15) is 5.82 Å². The van der Waals surface area contributed by atoms with Gasteiger partial charge in [0.25, 0.3) is 5.91 Å². The molecule has 3 heterocycles. The lowest BCUT2D eigenvalue weighted by Crippen LogP contribution is -2.36. The van der Waals surface area contributed by atoms with Crippen LogP contribution in [0.2, 0.25) is 0 Å². The molecule has 122 valence electrons. The van der Waals surface area contributed by atoms with Crippen molar-refractivity contribution in [2.45, 2.75) is 6.42 Å². The minimum atomic E-state index is -0.0818. The first-order chi connectivity index (χ1) is 11.2. The highest BCUT2D eigenvalue weighted by molar-refractivity contribution is 9.11. The predicted octanol–water partition coefficient (Wildman–Crippen LogP) is 2.71. The van der Waals surface area contributed by atoms with Crippen molar-refractivity contribution in [1.29, 1.82) is 0 Å². The highest BCUT2D eigenvalue weighted by atomic mass is 79.9. The third kappa shape index (κ3) is 4.53. The van der Waals surface area contributed by atoms with E-state index in [-0.39, 0.29) is 5.91 Å². The van der Waals surface area contributed by atoms with E-state index in [1.54, 1.807) is 17.5 Å². The number of morpholine rings is 1. The van der Waals surface area contributed by atoms with Crippen LogP contribution in [0, 0.1) is 0 Å². The van der Waals surface area contributed by atoms with Crippen molar-refractivity contribution in [1.82, 2.24) is 10.3 Å². The molecule has 23 heavy (non-hydrogen) atoms. The number of halogens is 1. The molecule has 0 radical (unpaired) electrons. The van der Waals surface area contributed by atoms with Crippen molar-refractivity contribution in [3.05, 3.63) is 44.7 Å². The molecule has 0 unspecified atom stereocenters. The monoisotopic (exact) mass is 395 g/mol. The first kappa shape index (κ1) is 16.4. The summed E-state index contributed by atoms with van der Waals surface area (Å²) in [6.45, 7) is 3.76. The number of carbonyl (C=O) groups excluding carboxylic acids is 1. The van der Waals surface area contributed by atoms with Crippen LogP contribution < -0.4 is 10.2 Å². The van der Waals surface area contributed by atoms with Crippen LogP contribution in [0.5, 0.6) is 0 Å². The standard InChI is InChI=1S/C16H18BrN3O2S/c17-14-3-2-13(23-14)5-6-18-16(21)12-1-4-15(19-11-12)20-7-9-22-10-8-20/h1-4,11H,5-10H2,(H,18,21). The Morgan fingerprint density at radius 2 is 2.13 bits per heavy atom. The summed E-state index contributed by atoms with van der Waals surface area (Å²) in [7, 11) is 0. The first-order valence-electron chi connectivity index (χ1n) is 7.53. The van der Waals surface area contributed by atoms with Crippen molar-refractivity contribution in [2.24, 2.45) is 0 Å². The van der Waals surface area contributed by atoms with Crippen LogP contribution in [0.4, 0.5) is 5.82 Å². The number of anilines is 1. The van der Waals surface area contributed by atoms with Gasteiger partial charge in [0.05, 0.1) is 22.6 Å². The van der Waals surface area contributed by atoms with Gasteiger partial charge in [0.2, 0.25) is 0 Å². The Hall–Kier alpha value is -1.44. The second kappa shape index (κ2) is 7.90. The van der Waals surface area contributed by atoms with Crippen LogP contribution in [0.25, 0.3) is 0 Å². The van der Waals surface area contributed by atoms with Crippen LogP contribution >= 0.6 is 27.3 Å². The maximum absolute atomic E-state index is 12.1. The van der Waals surface area contributed by atoms with Crippen molar-refractivity contribution in [2.75, 3.05) is 37.7 Å². The molecule has 2 aromatic heterocycles. The molecule has 0 aromatic carbocycles.